The van der Waals surface area contributed by atoms with Crippen molar-refractivity contribution in [2.45, 2.75) is 65.3 Å². The largest absolute Gasteiger partial charge is 0.480 e. The van der Waals surface area contributed by atoms with Gasteiger partial charge in [-0.1, -0.05) is 74.3 Å². The number of hydrogen-bond donors (Lipinski definition) is 3. The molecule has 272 valence electrons. The summed E-state index contributed by atoms with van der Waals surface area (Å²) in [6, 6.07) is 12.9. The van der Waals surface area contributed by atoms with E-state index in [2.05, 4.69) is 59.4 Å². The van der Waals surface area contributed by atoms with E-state index in [1.165, 1.54) is 12.7 Å². The van der Waals surface area contributed by atoms with Crippen molar-refractivity contribution in [2.75, 3.05) is 45.3 Å². The minimum atomic E-state index is -1.83. The average Bonchev–Trinajstić information content (AvgIpc) is 3.09. The monoisotopic (exact) mass is 750 g/mol. The number of nitrogens with one attached hydrogen (secondary N) is 2. The fraction of sp³-hybridized carbons (Fsp3) is 0.421. The highest BCUT2D eigenvalue weighted by Gasteiger charge is 2.37. The Kier molecular flexibility index (Phi) is 12.6. The molecule has 0 saturated heterocycles. The number of methoxy groups -OCH3 is 1. The second-order valence-electron chi connectivity index (χ2n) is 14.3. The number of aryl methyl sites for hydroxylation is 1. The van der Waals surface area contributed by atoms with Crippen LogP contribution in [0.3, 0.4) is 0 Å². The van der Waals surface area contributed by atoms with E-state index in [-0.39, 0.29) is 17.6 Å². The molecule has 1 amide bonds. The van der Waals surface area contributed by atoms with Crippen molar-refractivity contribution < 1.29 is 19.1 Å². The number of fused-ring (bicyclic) bond motifs is 1. The Balaban J connectivity index is 1.33. The van der Waals surface area contributed by atoms with Gasteiger partial charge in [0, 0.05) is 56.0 Å². The van der Waals surface area contributed by atoms with Gasteiger partial charge in [-0.05, 0) is 54.7 Å². The molecule has 3 heterocycles. The first-order chi connectivity index (χ1) is 24.2. The summed E-state index contributed by atoms with van der Waals surface area (Å²) in [5.74, 6) is 0.0191. The highest BCUT2D eigenvalue weighted by molar-refractivity contribution is 6.74. The number of hydrogen-bond acceptors (Lipinski definition) is 9. The molecule has 1 aliphatic heterocycles. The zero-order valence-corrected chi connectivity index (χ0v) is 33.0. The SMILES string of the molecule is COc1nc(-c2cccc(-c3cccc(NC(=O)c4cc(C)c5c(n4)CN(CCO[Si](C)(C)C(C)(C)C)CC5)c3Cl)c2Cl)cnc1CNCCO. The van der Waals surface area contributed by atoms with Crippen molar-refractivity contribution in [2.24, 2.45) is 0 Å². The van der Waals surface area contributed by atoms with Crippen molar-refractivity contribution in [3.63, 3.8) is 0 Å². The van der Waals surface area contributed by atoms with E-state index in [4.69, 9.17) is 42.5 Å². The van der Waals surface area contributed by atoms with E-state index in [0.717, 1.165) is 30.8 Å². The van der Waals surface area contributed by atoms with Crippen molar-refractivity contribution >= 4 is 43.1 Å². The number of ether oxygens (including phenoxy) is 1. The van der Waals surface area contributed by atoms with Crippen LogP contribution in [-0.2, 0) is 23.9 Å². The first-order valence-electron chi connectivity index (χ1n) is 17.2. The lowest BCUT2D eigenvalue weighted by molar-refractivity contribution is 0.102. The lowest BCUT2D eigenvalue weighted by Crippen LogP contribution is -2.43. The van der Waals surface area contributed by atoms with Crippen molar-refractivity contribution in [3.8, 4) is 28.3 Å². The van der Waals surface area contributed by atoms with Crippen LogP contribution in [0.4, 0.5) is 5.69 Å². The molecular formula is C38H48Cl2N6O4Si. The third-order valence-corrected chi connectivity index (χ3v) is 15.1. The normalized spacial score (nSPS) is 13.6. The standard InChI is InChI=1S/C38H48Cl2N6O4Si/c1-24-20-30(43-33-23-46(16-14-25(24)33)17-19-50-51(6,7)38(2,3)4)36(48)44-29-13-9-11-27(35(29)40)26-10-8-12-28(34(26)39)31-22-42-32(21-41-15-18-47)37(45-31)49-5/h8-13,20,22,41,47H,14-19,21,23H2,1-7H3,(H,44,48). The van der Waals surface area contributed by atoms with Gasteiger partial charge in [0.15, 0.2) is 8.32 Å². The van der Waals surface area contributed by atoms with Crippen LogP contribution in [0.1, 0.15) is 53.8 Å². The summed E-state index contributed by atoms with van der Waals surface area (Å²) >= 11 is 14.0. The van der Waals surface area contributed by atoms with Gasteiger partial charge < -0.3 is 24.9 Å². The van der Waals surface area contributed by atoms with E-state index < -0.39 is 8.32 Å². The topological polar surface area (TPSA) is 122 Å². The van der Waals surface area contributed by atoms with E-state index >= 15 is 0 Å². The third-order valence-electron chi connectivity index (χ3n) is 9.79. The van der Waals surface area contributed by atoms with Gasteiger partial charge in [-0.25, -0.2) is 9.97 Å². The van der Waals surface area contributed by atoms with Gasteiger partial charge >= 0.3 is 0 Å². The Morgan fingerprint density at radius 2 is 1.76 bits per heavy atom. The molecule has 0 bridgehead atoms. The van der Waals surface area contributed by atoms with Crippen LogP contribution in [-0.4, -0.2) is 79.1 Å². The van der Waals surface area contributed by atoms with E-state index in [9.17, 15) is 4.79 Å². The summed E-state index contributed by atoms with van der Waals surface area (Å²) in [5.41, 5.74) is 7.09. The molecule has 3 N–H and O–H groups in total. The van der Waals surface area contributed by atoms with Gasteiger partial charge in [-0.15, -0.1) is 0 Å². The number of halogens is 2. The molecule has 10 nitrogen and oxygen atoms in total. The molecule has 0 aliphatic carbocycles. The zero-order chi connectivity index (χ0) is 36.9. The number of nitrogens with zero attached hydrogens (tertiary/aromatic N) is 4. The molecule has 2 aromatic carbocycles. The van der Waals surface area contributed by atoms with Gasteiger partial charge in [0.1, 0.15) is 11.4 Å². The number of carbonyl (C=O) groups excluding carboxylic acids is 1. The van der Waals surface area contributed by atoms with Crippen molar-refractivity contribution in [1.29, 1.82) is 0 Å². The number of anilines is 1. The fourth-order valence-corrected chi connectivity index (χ4v) is 7.44. The van der Waals surface area contributed by atoms with Gasteiger partial charge in [0.05, 0.1) is 47.0 Å². The molecule has 0 saturated carbocycles. The summed E-state index contributed by atoms with van der Waals surface area (Å²) in [6.45, 7) is 17.3. The molecule has 2 aromatic heterocycles. The van der Waals surface area contributed by atoms with Crippen LogP contribution in [0, 0.1) is 6.92 Å². The Bertz CT molecular complexity index is 1880. The van der Waals surface area contributed by atoms with Crippen LogP contribution in [0.15, 0.2) is 48.7 Å². The first kappa shape index (κ1) is 38.8. The highest BCUT2D eigenvalue weighted by atomic mass is 35.5. The summed E-state index contributed by atoms with van der Waals surface area (Å²) in [5, 5.41) is 16.1. The Hall–Kier alpha value is -3.42. The van der Waals surface area contributed by atoms with E-state index in [1.807, 2.05) is 43.3 Å². The molecule has 51 heavy (non-hydrogen) atoms. The molecule has 0 spiro atoms. The number of carbonyl (C=O) groups is 1. The molecule has 1 aliphatic rings. The molecule has 5 rings (SSSR count). The number of aromatic nitrogens is 3. The third kappa shape index (κ3) is 8.97. The number of pyridine rings is 1. The van der Waals surface area contributed by atoms with Crippen LogP contribution in [0.2, 0.25) is 28.2 Å². The number of benzene rings is 2. The first-order valence-corrected chi connectivity index (χ1v) is 20.9. The highest BCUT2D eigenvalue weighted by Crippen LogP contribution is 2.41. The second kappa shape index (κ2) is 16.5. The van der Waals surface area contributed by atoms with Gasteiger partial charge in [-0.3, -0.25) is 14.7 Å². The maximum atomic E-state index is 13.7. The number of aliphatic hydroxyl groups excluding tert-OH is 1. The van der Waals surface area contributed by atoms with Crippen LogP contribution in [0.25, 0.3) is 22.4 Å². The molecule has 0 atom stereocenters. The average molecular weight is 752 g/mol. The Morgan fingerprint density at radius 3 is 2.47 bits per heavy atom. The van der Waals surface area contributed by atoms with Gasteiger partial charge in [0.2, 0.25) is 5.88 Å². The minimum absolute atomic E-state index is 0.0156. The van der Waals surface area contributed by atoms with E-state index in [0.29, 0.717) is 81.6 Å². The molecule has 0 unspecified atom stereocenters. The summed E-state index contributed by atoms with van der Waals surface area (Å²) < 4.78 is 11.9. The summed E-state index contributed by atoms with van der Waals surface area (Å²) in [6.07, 6.45) is 2.52. The number of rotatable bonds is 13. The molecule has 0 radical (unpaired) electrons. The van der Waals surface area contributed by atoms with Crippen LogP contribution in [0.5, 0.6) is 5.88 Å². The summed E-state index contributed by atoms with van der Waals surface area (Å²) in [4.78, 5) is 30.0. The quantitative estimate of drug-likeness (QED) is 0.0940. The molecule has 13 heteroatoms. The molecule has 0 fully saturated rings. The maximum absolute atomic E-state index is 13.7. The van der Waals surface area contributed by atoms with Crippen LogP contribution < -0.4 is 15.4 Å². The fourth-order valence-electron chi connectivity index (χ4n) is 5.81. The Labute approximate surface area is 312 Å². The maximum Gasteiger partial charge on any atom is 0.274 e. The van der Waals surface area contributed by atoms with Crippen molar-refractivity contribution in [1.82, 2.24) is 25.2 Å². The summed E-state index contributed by atoms with van der Waals surface area (Å²) in [7, 11) is -0.294. The lowest BCUT2D eigenvalue weighted by Gasteiger charge is -2.37. The molecule has 4 aromatic rings. The number of aliphatic hydroxyl groups is 1. The predicted octanol–water partition coefficient (Wildman–Crippen LogP) is 7.54. The van der Waals surface area contributed by atoms with Gasteiger partial charge in [-0.2, -0.15) is 0 Å². The van der Waals surface area contributed by atoms with Gasteiger partial charge in [0.25, 0.3) is 5.91 Å². The zero-order valence-electron chi connectivity index (χ0n) is 30.5. The predicted molar refractivity (Wildman–Crippen MR) is 207 cm³/mol. The minimum Gasteiger partial charge on any atom is -0.480 e. The van der Waals surface area contributed by atoms with Crippen LogP contribution >= 0.6 is 23.2 Å². The molecular weight excluding hydrogens is 703 g/mol. The number of amides is 1. The second-order valence-corrected chi connectivity index (χ2v) is 19.8. The van der Waals surface area contributed by atoms with E-state index in [1.54, 1.807) is 12.3 Å². The van der Waals surface area contributed by atoms with Crippen molar-refractivity contribution in [3.05, 3.63) is 86.9 Å². The Morgan fingerprint density at radius 1 is 1.06 bits per heavy atom. The smallest absolute Gasteiger partial charge is 0.274 e. The lowest BCUT2D eigenvalue weighted by atomic mass is 9.98.